The second-order valence-corrected chi connectivity index (χ2v) is 8.14. The Hall–Kier alpha value is -1.92. The van der Waals surface area contributed by atoms with Gasteiger partial charge in [0.25, 0.3) is 0 Å². The molecule has 3 fully saturated rings. The van der Waals surface area contributed by atoms with Crippen LogP contribution in [0.25, 0.3) is 10.9 Å². The molecule has 2 aliphatic carbocycles. The summed E-state index contributed by atoms with van der Waals surface area (Å²) in [5.41, 5.74) is 2.15. The minimum Gasteiger partial charge on any atom is -0.474 e. The van der Waals surface area contributed by atoms with Gasteiger partial charge in [0.1, 0.15) is 12.4 Å². The average Bonchev–Trinajstić information content (AvgIpc) is 3.20. The molecule has 0 radical (unpaired) electrons. The van der Waals surface area contributed by atoms with Crippen molar-refractivity contribution in [3.63, 3.8) is 0 Å². The SMILES string of the molecule is OC1CCC1N1CCN(c2ccc3ncnc(OC4CCCC4)c3c2)CC1. The van der Waals surface area contributed by atoms with Gasteiger partial charge < -0.3 is 14.7 Å². The molecule has 1 aromatic carbocycles. The van der Waals surface area contributed by atoms with E-state index in [1.165, 1.54) is 18.5 Å². The number of piperazine rings is 1. The zero-order chi connectivity index (χ0) is 18.2. The molecule has 1 N–H and O–H groups in total. The first-order chi connectivity index (χ1) is 13.3. The van der Waals surface area contributed by atoms with Crippen LogP contribution in [0.15, 0.2) is 24.5 Å². The minimum absolute atomic E-state index is 0.121. The molecule has 2 saturated carbocycles. The number of aliphatic hydroxyl groups is 1. The Bertz CT molecular complexity index is 800. The summed E-state index contributed by atoms with van der Waals surface area (Å²) in [7, 11) is 0. The van der Waals surface area contributed by atoms with E-state index in [-0.39, 0.29) is 6.10 Å². The first kappa shape index (κ1) is 17.2. The molecule has 2 heterocycles. The summed E-state index contributed by atoms with van der Waals surface area (Å²) < 4.78 is 6.21. The van der Waals surface area contributed by atoms with Crippen LogP contribution in [-0.2, 0) is 0 Å². The maximum absolute atomic E-state index is 9.93. The summed E-state index contributed by atoms with van der Waals surface area (Å²) in [6.45, 7) is 4.00. The Balaban J connectivity index is 1.33. The van der Waals surface area contributed by atoms with Crippen LogP contribution in [0.4, 0.5) is 5.69 Å². The van der Waals surface area contributed by atoms with Crippen molar-refractivity contribution in [1.29, 1.82) is 0 Å². The number of anilines is 1. The van der Waals surface area contributed by atoms with Gasteiger partial charge in [-0.2, -0.15) is 0 Å². The van der Waals surface area contributed by atoms with Gasteiger partial charge >= 0.3 is 0 Å². The van der Waals surface area contributed by atoms with E-state index >= 15 is 0 Å². The van der Waals surface area contributed by atoms with Crippen LogP contribution in [0, 0.1) is 0 Å². The Labute approximate surface area is 160 Å². The van der Waals surface area contributed by atoms with E-state index in [9.17, 15) is 5.11 Å². The van der Waals surface area contributed by atoms with E-state index in [0.29, 0.717) is 12.1 Å². The molecule has 6 heteroatoms. The van der Waals surface area contributed by atoms with Crippen LogP contribution in [0.3, 0.4) is 0 Å². The minimum atomic E-state index is -0.121. The lowest BCUT2D eigenvalue weighted by Gasteiger charge is -2.46. The molecule has 1 aliphatic heterocycles. The lowest BCUT2D eigenvalue weighted by molar-refractivity contribution is -0.0229. The molecule has 2 unspecified atom stereocenters. The highest BCUT2D eigenvalue weighted by molar-refractivity contribution is 5.86. The Kier molecular flexibility index (Phi) is 4.61. The van der Waals surface area contributed by atoms with Gasteiger partial charge in [-0.1, -0.05) is 0 Å². The summed E-state index contributed by atoms with van der Waals surface area (Å²) >= 11 is 0. The molecule has 0 amide bonds. The van der Waals surface area contributed by atoms with Gasteiger partial charge in [0.15, 0.2) is 0 Å². The molecule has 1 saturated heterocycles. The maximum atomic E-state index is 9.93. The normalized spacial score (nSPS) is 27.1. The van der Waals surface area contributed by atoms with E-state index in [4.69, 9.17) is 4.74 Å². The largest absolute Gasteiger partial charge is 0.474 e. The first-order valence-corrected chi connectivity index (χ1v) is 10.4. The number of nitrogens with zero attached hydrogens (tertiary/aromatic N) is 4. The zero-order valence-electron chi connectivity index (χ0n) is 15.8. The lowest BCUT2D eigenvalue weighted by Crippen LogP contribution is -2.57. The van der Waals surface area contributed by atoms with Gasteiger partial charge in [0.2, 0.25) is 5.88 Å². The summed E-state index contributed by atoms with van der Waals surface area (Å²) in [4.78, 5) is 13.7. The number of hydrogen-bond donors (Lipinski definition) is 1. The van der Waals surface area contributed by atoms with Crippen molar-refractivity contribution < 1.29 is 9.84 Å². The van der Waals surface area contributed by atoms with Crippen molar-refractivity contribution in [1.82, 2.24) is 14.9 Å². The van der Waals surface area contributed by atoms with Crippen molar-refractivity contribution >= 4 is 16.6 Å². The smallest absolute Gasteiger partial charge is 0.224 e. The number of rotatable bonds is 4. The molecule has 3 aliphatic rings. The average molecular weight is 368 g/mol. The van der Waals surface area contributed by atoms with E-state index in [0.717, 1.165) is 68.6 Å². The van der Waals surface area contributed by atoms with E-state index in [2.05, 4.69) is 38.0 Å². The van der Waals surface area contributed by atoms with E-state index in [1.807, 2.05) is 0 Å². The number of ether oxygens (including phenoxy) is 1. The molecule has 5 rings (SSSR count). The number of aromatic nitrogens is 2. The monoisotopic (exact) mass is 368 g/mol. The highest BCUT2D eigenvalue weighted by atomic mass is 16.5. The van der Waals surface area contributed by atoms with Crippen molar-refractivity contribution in [3.8, 4) is 5.88 Å². The molecule has 144 valence electrons. The summed E-state index contributed by atoms with van der Waals surface area (Å²) in [6.07, 6.45) is 8.62. The topological polar surface area (TPSA) is 61.7 Å². The summed E-state index contributed by atoms with van der Waals surface area (Å²) in [5, 5.41) is 10.9. The van der Waals surface area contributed by atoms with Crippen LogP contribution in [-0.4, -0.2) is 64.4 Å². The number of hydrogen-bond acceptors (Lipinski definition) is 6. The van der Waals surface area contributed by atoms with Gasteiger partial charge in [-0.05, 0) is 56.7 Å². The Morgan fingerprint density at radius 3 is 2.48 bits per heavy atom. The van der Waals surface area contributed by atoms with Crippen molar-refractivity contribution in [2.45, 2.75) is 56.8 Å². The summed E-state index contributed by atoms with van der Waals surface area (Å²) in [5.74, 6) is 0.727. The van der Waals surface area contributed by atoms with Crippen LogP contribution in [0.2, 0.25) is 0 Å². The highest BCUT2D eigenvalue weighted by Crippen LogP contribution is 2.31. The quantitative estimate of drug-likeness (QED) is 0.895. The van der Waals surface area contributed by atoms with Crippen LogP contribution in [0.5, 0.6) is 5.88 Å². The molecular formula is C21H28N4O2. The van der Waals surface area contributed by atoms with E-state index < -0.39 is 0 Å². The molecule has 6 nitrogen and oxygen atoms in total. The van der Waals surface area contributed by atoms with Crippen LogP contribution in [0.1, 0.15) is 38.5 Å². The highest BCUT2D eigenvalue weighted by Gasteiger charge is 2.35. The fourth-order valence-corrected chi connectivity index (χ4v) is 4.68. The Morgan fingerprint density at radius 1 is 0.963 bits per heavy atom. The third kappa shape index (κ3) is 3.36. The fourth-order valence-electron chi connectivity index (χ4n) is 4.68. The predicted molar refractivity (Wildman–Crippen MR) is 105 cm³/mol. The Morgan fingerprint density at radius 2 is 1.78 bits per heavy atom. The maximum Gasteiger partial charge on any atom is 0.224 e. The predicted octanol–water partition coefficient (Wildman–Crippen LogP) is 2.60. The van der Waals surface area contributed by atoms with Crippen molar-refractivity contribution in [2.75, 3.05) is 31.1 Å². The molecule has 2 atom stereocenters. The number of aliphatic hydroxyl groups excluding tert-OH is 1. The molecule has 0 bridgehead atoms. The van der Waals surface area contributed by atoms with Crippen molar-refractivity contribution in [3.05, 3.63) is 24.5 Å². The zero-order valence-corrected chi connectivity index (χ0v) is 15.8. The second kappa shape index (κ2) is 7.24. The van der Waals surface area contributed by atoms with Gasteiger partial charge in [-0.25, -0.2) is 9.97 Å². The third-order valence-electron chi connectivity index (χ3n) is 6.51. The van der Waals surface area contributed by atoms with Gasteiger partial charge in [-0.3, -0.25) is 4.90 Å². The van der Waals surface area contributed by atoms with Gasteiger partial charge in [-0.15, -0.1) is 0 Å². The molecule has 2 aromatic rings. The second-order valence-electron chi connectivity index (χ2n) is 8.14. The fraction of sp³-hybridized carbons (Fsp3) is 0.619. The molecular weight excluding hydrogens is 340 g/mol. The van der Waals surface area contributed by atoms with Crippen molar-refractivity contribution in [2.24, 2.45) is 0 Å². The molecule has 0 spiro atoms. The van der Waals surface area contributed by atoms with Gasteiger partial charge in [0, 0.05) is 37.9 Å². The third-order valence-corrected chi connectivity index (χ3v) is 6.51. The lowest BCUT2D eigenvalue weighted by atomic mass is 9.87. The number of fused-ring (bicyclic) bond motifs is 1. The number of benzene rings is 1. The standard InChI is InChI=1S/C21H28N4O2/c26-20-8-7-19(20)25-11-9-24(10-12-25)15-5-6-18-17(13-15)21(23-14-22-18)27-16-3-1-2-4-16/h5-6,13-14,16,19-20,26H,1-4,7-12H2. The first-order valence-electron chi connectivity index (χ1n) is 10.4. The van der Waals surface area contributed by atoms with E-state index in [1.54, 1.807) is 6.33 Å². The summed E-state index contributed by atoms with van der Waals surface area (Å²) in [6, 6.07) is 6.80. The molecule has 27 heavy (non-hydrogen) atoms. The molecule has 1 aromatic heterocycles. The van der Waals surface area contributed by atoms with Crippen LogP contribution >= 0.6 is 0 Å². The van der Waals surface area contributed by atoms with Gasteiger partial charge in [0.05, 0.1) is 17.0 Å². The van der Waals surface area contributed by atoms with Crippen LogP contribution < -0.4 is 9.64 Å².